The molecule has 156 valence electrons. The standard InChI is InChI=1S/C23H28O6/c1-4-5-6-7-12-28-16-10-8-15(9-11-16)21(24)22-18-13-17(26-2)14-19(27-3)20(18)23(25)29-22/h8-11,13-14,21-22,24H,4-7,12H2,1-3H3. The molecule has 0 aliphatic carbocycles. The Morgan fingerprint density at radius 1 is 1.03 bits per heavy atom. The SMILES string of the molecule is CCCCCCOc1ccc(C(O)C2OC(=O)c3c(OC)cc(OC)cc32)cc1. The van der Waals surface area contributed by atoms with Crippen LogP contribution in [0.2, 0.25) is 0 Å². The first-order valence-electron chi connectivity index (χ1n) is 9.96. The van der Waals surface area contributed by atoms with Gasteiger partial charge in [-0.15, -0.1) is 0 Å². The number of hydrogen-bond donors (Lipinski definition) is 1. The summed E-state index contributed by atoms with van der Waals surface area (Å²) in [4.78, 5) is 12.4. The van der Waals surface area contributed by atoms with E-state index in [4.69, 9.17) is 18.9 Å². The van der Waals surface area contributed by atoms with Gasteiger partial charge in [-0.1, -0.05) is 38.3 Å². The van der Waals surface area contributed by atoms with Gasteiger partial charge < -0.3 is 24.1 Å². The average Bonchev–Trinajstić information content (AvgIpc) is 3.09. The highest BCUT2D eigenvalue weighted by atomic mass is 16.6. The normalized spacial score (nSPS) is 16.1. The van der Waals surface area contributed by atoms with Crippen LogP contribution in [-0.2, 0) is 4.74 Å². The van der Waals surface area contributed by atoms with Gasteiger partial charge in [0.05, 0.1) is 20.8 Å². The molecule has 0 saturated carbocycles. The van der Waals surface area contributed by atoms with Gasteiger partial charge in [0, 0.05) is 11.6 Å². The van der Waals surface area contributed by atoms with Crippen molar-refractivity contribution in [2.45, 2.75) is 44.8 Å². The lowest BCUT2D eigenvalue weighted by molar-refractivity contribution is -0.0103. The van der Waals surface area contributed by atoms with E-state index in [1.165, 1.54) is 27.1 Å². The van der Waals surface area contributed by atoms with Crippen molar-refractivity contribution in [3.63, 3.8) is 0 Å². The Kier molecular flexibility index (Phi) is 6.99. The van der Waals surface area contributed by atoms with Crippen LogP contribution in [0.25, 0.3) is 0 Å². The van der Waals surface area contributed by atoms with E-state index in [0.29, 0.717) is 34.8 Å². The third-order valence-corrected chi connectivity index (χ3v) is 5.08. The first kappa shape index (κ1) is 21.0. The summed E-state index contributed by atoms with van der Waals surface area (Å²) in [5.41, 5.74) is 1.51. The number of aliphatic hydroxyl groups is 1. The zero-order valence-electron chi connectivity index (χ0n) is 17.1. The molecule has 0 radical (unpaired) electrons. The van der Waals surface area contributed by atoms with Crippen LogP contribution in [0.3, 0.4) is 0 Å². The zero-order valence-corrected chi connectivity index (χ0v) is 17.1. The lowest BCUT2D eigenvalue weighted by Gasteiger charge is -2.19. The highest BCUT2D eigenvalue weighted by Crippen LogP contribution is 2.45. The number of esters is 1. The fourth-order valence-electron chi connectivity index (χ4n) is 3.46. The zero-order chi connectivity index (χ0) is 20.8. The molecule has 2 unspecified atom stereocenters. The number of aliphatic hydroxyl groups excluding tert-OH is 1. The van der Waals surface area contributed by atoms with Gasteiger partial charge in [-0.05, 0) is 30.2 Å². The van der Waals surface area contributed by atoms with Crippen LogP contribution in [0.5, 0.6) is 17.2 Å². The maximum Gasteiger partial charge on any atom is 0.343 e. The molecule has 3 rings (SSSR count). The van der Waals surface area contributed by atoms with Crippen LogP contribution in [0.1, 0.15) is 66.3 Å². The average molecular weight is 400 g/mol. The minimum absolute atomic E-state index is 0.324. The number of ether oxygens (including phenoxy) is 4. The molecule has 0 spiro atoms. The molecule has 0 amide bonds. The van der Waals surface area contributed by atoms with Crippen LogP contribution in [0.15, 0.2) is 36.4 Å². The van der Waals surface area contributed by atoms with Crippen molar-refractivity contribution < 1.29 is 28.8 Å². The number of carbonyl (C=O) groups is 1. The van der Waals surface area contributed by atoms with Crippen molar-refractivity contribution >= 4 is 5.97 Å². The second kappa shape index (κ2) is 9.65. The number of carbonyl (C=O) groups excluding carboxylic acids is 1. The monoisotopic (exact) mass is 400 g/mol. The molecule has 0 bridgehead atoms. The molecule has 0 aromatic heterocycles. The Bertz CT molecular complexity index is 830. The topological polar surface area (TPSA) is 74.2 Å². The van der Waals surface area contributed by atoms with Crippen molar-refractivity contribution in [3.8, 4) is 17.2 Å². The predicted octanol–water partition coefficient (Wildman–Crippen LogP) is 4.61. The van der Waals surface area contributed by atoms with E-state index < -0.39 is 18.2 Å². The number of cyclic esters (lactones) is 1. The molecule has 2 atom stereocenters. The molecule has 1 aliphatic rings. The second-order valence-electron chi connectivity index (χ2n) is 7.04. The van der Waals surface area contributed by atoms with Crippen LogP contribution in [-0.4, -0.2) is 31.9 Å². The van der Waals surface area contributed by atoms with Gasteiger partial charge in [0.1, 0.15) is 28.9 Å². The maximum absolute atomic E-state index is 12.4. The predicted molar refractivity (Wildman–Crippen MR) is 109 cm³/mol. The van der Waals surface area contributed by atoms with Gasteiger partial charge in [-0.3, -0.25) is 0 Å². The molecule has 2 aromatic carbocycles. The number of rotatable bonds is 10. The number of fused-ring (bicyclic) bond motifs is 1. The van der Waals surface area contributed by atoms with Gasteiger partial charge >= 0.3 is 5.97 Å². The quantitative estimate of drug-likeness (QED) is 0.464. The summed E-state index contributed by atoms with van der Waals surface area (Å²) in [6.45, 7) is 2.85. The van der Waals surface area contributed by atoms with Crippen molar-refractivity contribution in [2.75, 3.05) is 20.8 Å². The molecule has 2 aromatic rings. The highest BCUT2D eigenvalue weighted by Gasteiger charge is 2.39. The molecule has 1 N–H and O–H groups in total. The van der Waals surface area contributed by atoms with Gasteiger partial charge in [-0.25, -0.2) is 4.79 Å². The summed E-state index contributed by atoms with van der Waals surface area (Å²) in [7, 11) is 3.01. The summed E-state index contributed by atoms with van der Waals surface area (Å²) < 4.78 is 21.8. The minimum atomic E-state index is -1.02. The number of benzene rings is 2. The van der Waals surface area contributed by atoms with Gasteiger partial charge in [0.25, 0.3) is 0 Å². The highest BCUT2D eigenvalue weighted by molar-refractivity contribution is 5.97. The molecule has 6 nitrogen and oxygen atoms in total. The van der Waals surface area contributed by atoms with E-state index >= 15 is 0 Å². The molecule has 0 fully saturated rings. The lowest BCUT2D eigenvalue weighted by atomic mass is 9.96. The fraction of sp³-hybridized carbons (Fsp3) is 0.435. The van der Waals surface area contributed by atoms with Crippen LogP contribution in [0, 0.1) is 0 Å². The summed E-state index contributed by atoms with van der Waals surface area (Å²) >= 11 is 0. The van der Waals surface area contributed by atoms with Crippen molar-refractivity contribution in [2.24, 2.45) is 0 Å². The molecule has 1 aliphatic heterocycles. The number of unbranched alkanes of at least 4 members (excludes halogenated alkanes) is 3. The number of methoxy groups -OCH3 is 2. The molecular weight excluding hydrogens is 372 g/mol. The molecule has 29 heavy (non-hydrogen) atoms. The first-order valence-corrected chi connectivity index (χ1v) is 9.96. The van der Waals surface area contributed by atoms with Crippen LogP contribution < -0.4 is 14.2 Å². The van der Waals surface area contributed by atoms with E-state index in [1.54, 1.807) is 24.3 Å². The number of hydrogen-bond acceptors (Lipinski definition) is 6. The smallest absolute Gasteiger partial charge is 0.343 e. The van der Waals surface area contributed by atoms with Crippen molar-refractivity contribution in [3.05, 3.63) is 53.1 Å². The van der Waals surface area contributed by atoms with Crippen LogP contribution in [0.4, 0.5) is 0 Å². The van der Waals surface area contributed by atoms with Crippen LogP contribution >= 0.6 is 0 Å². The van der Waals surface area contributed by atoms with Gasteiger partial charge in [-0.2, -0.15) is 0 Å². The van der Waals surface area contributed by atoms with Gasteiger partial charge in [0.15, 0.2) is 6.10 Å². The summed E-state index contributed by atoms with van der Waals surface area (Å²) in [5.74, 6) is 1.13. The molecule has 0 saturated heterocycles. The Morgan fingerprint density at radius 2 is 1.79 bits per heavy atom. The van der Waals surface area contributed by atoms with E-state index in [0.717, 1.165) is 18.6 Å². The van der Waals surface area contributed by atoms with Gasteiger partial charge in [0.2, 0.25) is 0 Å². The minimum Gasteiger partial charge on any atom is -0.497 e. The van der Waals surface area contributed by atoms with E-state index in [9.17, 15) is 9.90 Å². The summed E-state index contributed by atoms with van der Waals surface area (Å²) in [6.07, 6.45) is 2.74. The van der Waals surface area contributed by atoms with E-state index in [-0.39, 0.29) is 0 Å². The first-order chi connectivity index (χ1) is 14.1. The molecular formula is C23H28O6. The fourth-order valence-corrected chi connectivity index (χ4v) is 3.46. The Hall–Kier alpha value is -2.73. The molecule has 6 heteroatoms. The Morgan fingerprint density at radius 3 is 2.45 bits per heavy atom. The van der Waals surface area contributed by atoms with E-state index in [2.05, 4.69) is 6.92 Å². The maximum atomic E-state index is 12.4. The van der Waals surface area contributed by atoms with Crippen molar-refractivity contribution in [1.29, 1.82) is 0 Å². The summed E-state index contributed by atoms with van der Waals surface area (Å²) in [5, 5.41) is 10.9. The lowest BCUT2D eigenvalue weighted by Crippen LogP contribution is -2.11. The third-order valence-electron chi connectivity index (χ3n) is 5.08. The second-order valence-corrected chi connectivity index (χ2v) is 7.04. The Balaban J connectivity index is 1.73. The third kappa shape index (κ3) is 4.65. The Labute approximate surface area is 171 Å². The largest absolute Gasteiger partial charge is 0.497 e. The summed E-state index contributed by atoms with van der Waals surface area (Å²) in [6, 6.07) is 10.5. The molecule has 1 heterocycles. The van der Waals surface area contributed by atoms with E-state index in [1.807, 2.05) is 12.1 Å². The van der Waals surface area contributed by atoms with Crippen molar-refractivity contribution in [1.82, 2.24) is 0 Å².